The first kappa shape index (κ1) is 14.9. The van der Waals surface area contributed by atoms with Crippen molar-refractivity contribution in [1.82, 2.24) is 0 Å². The summed E-state index contributed by atoms with van der Waals surface area (Å²) in [4.78, 5) is 11.1. The zero-order chi connectivity index (χ0) is 13.5. The number of rotatable bonds is 5. The van der Waals surface area contributed by atoms with Crippen LogP contribution < -0.4 is 0 Å². The van der Waals surface area contributed by atoms with Crippen LogP contribution in [0.3, 0.4) is 0 Å². The van der Waals surface area contributed by atoms with Crippen LogP contribution in [0, 0.1) is 11.3 Å². The fraction of sp³-hybridized carbons (Fsp3) is 0.385. The normalized spacial score (nSPS) is 11.7. The lowest BCUT2D eigenvalue weighted by molar-refractivity contribution is -0.140. The third kappa shape index (κ3) is 4.59. The van der Waals surface area contributed by atoms with Crippen LogP contribution in [0.25, 0.3) is 0 Å². The summed E-state index contributed by atoms with van der Waals surface area (Å²) in [5.74, 6) is 0.504. The van der Waals surface area contributed by atoms with E-state index >= 15 is 0 Å². The highest BCUT2D eigenvalue weighted by molar-refractivity contribution is 7.99. The first-order valence-corrected chi connectivity index (χ1v) is 6.86. The average Bonchev–Trinajstić information content (AvgIpc) is 2.36. The first-order valence-electron chi connectivity index (χ1n) is 5.43. The number of benzene rings is 1. The topological polar surface area (TPSA) is 50.1 Å². The molecular formula is C13H14ClNO2S. The molecular weight excluding hydrogens is 270 g/mol. The smallest absolute Gasteiger partial charge is 0.306 e. The Morgan fingerprint density at radius 1 is 1.61 bits per heavy atom. The maximum atomic E-state index is 11.1. The van der Waals surface area contributed by atoms with E-state index in [1.807, 2.05) is 19.1 Å². The molecule has 1 aromatic carbocycles. The number of hydrogen-bond donors (Lipinski definition) is 0. The Kier molecular flexibility index (Phi) is 6.03. The number of carbonyl (C=O) groups excluding carboxylic acids is 1. The van der Waals surface area contributed by atoms with Gasteiger partial charge in [-0.1, -0.05) is 24.6 Å². The van der Waals surface area contributed by atoms with E-state index in [0.717, 1.165) is 5.56 Å². The number of methoxy groups -OCH3 is 1. The zero-order valence-corrected chi connectivity index (χ0v) is 11.8. The predicted molar refractivity (Wildman–Crippen MR) is 73.6 cm³/mol. The molecule has 0 saturated carbocycles. The van der Waals surface area contributed by atoms with Gasteiger partial charge in [-0.25, -0.2) is 0 Å². The van der Waals surface area contributed by atoms with E-state index in [4.69, 9.17) is 16.9 Å². The highest BCUT2D eigenvalue weighted by Crippen LogP contribution is 2.26. The van der Waals surface area contributed by atoms with E-state index in [2.05, 4.69) is 4.74 Å². The molecule has 1 unspecified atom stereocenters. The van der Waals surface area contributed by atoms with Gasteiger partial charge >= 0.3 is 5.97 Å². The molecule has 5 heteroatoms. The summed E-state index contributed by atoms with van der Waals surface area (Å²) in [6.45, 7) is 1.97. The molecule has 0 aromatic heterocycles. The number of thioether (sulfide) groups is 1. The largest absolute Gasteiger partial charge is 0.469 e. The Balaban J connectivity index is 2.54. The van der Waals surface area contributed by atoms with Gasteiger partial charge in [0.15, 0.2) is 0 Å². The lowest BCUT2D eigenvalue weighted by Crippen LogP contribution is -2.08. The van der Waals surface area contributed by atoms with Crippen LogP contribution in [0.5, 0.6) is 0 Å². The van der Waals surface area contributed by atoms with E-state index in [1.54, 1.807) is 23.9 Å². The summed E-state index contributed by atoms with van der Waals surface area (Å²) in [5.41, 5.74) is 1.52. The lowest BCUT2D eigenvalue weighted by Gasteiger charge is -2.10. The number of hydrogen-bond acceptors (Lipinski definition) is 4. The summed E-state index contributed by atoms with van der Waals surface area (Å²) in [7, 11) is 1.39. The average molecular weight is 284 g/mol. The number of ether oxygens (including phenoxy) is 1. The van der Waals surface area contributed by atoms with Gasteiger partial charge in [0.25, 0.3) is 0 Å². The molecule has 0 N–H and O–H groups in total. The number of esters is 1. The SMILES string of the molecule is COC(=O)CC(C)SCc1ccc(C#N)cc1Cl. The fourth-order valence-corrected chi connectivity index (χ4v) is 2.64. The van der Waals surface area contributed by atoms with Gasteiger partial charge in [0, 0.05) is 16.0 Å². The molecule has 0 bridgehead atoms. The van der Waals surface area contributed by atoms with Crippen molar-refractivity contribution in [2.24, 2.45) is 0 Å². The summed E-state index contributed by atoms with van der Waals surface area (Å²) in [6, 6.07) is 7.29. The Hall–Kier alpha value is -1.18. The van der Waals surface area contributed by atoms with Crippen LogP contribution >= 0.6 is 23.4 Å². The quantitative estimate of drug-likeness (QED) is 0.777. The van der Waals surface area contributed by atoms with Gasteiger partial charge < -0.3 is 4.74 Å². The van der Waals surface area contributed by atoms with Crippen LogP contribution in [-0.4, -0.2) is 18.3 Å². The third-order valence-electron chi connectivity index (χ3n) is 2.39. The van der Waals surface area contributed by atoms with Gasteiger partial charge in [-0.05, 0) is 17.7 Å². The highest BCUT2D eigenvalue weighted by Gasteiger charge is 2.11. The Labute approximate surface area is 116 Å². The van der Waals surface area contributed by atoms with Crippen LogP contribution in [0.4, 0.5) is 0 Å². The molecule has 0 heterocycles. The summed E-state index contributed by atoms with van der Waals surface area (Å²) < 4.78 is 4.61. The molecule has 1 atom stereocenters. The van der Waals surface area contributed by atoms with Crippen molar-refractivity contribution < 1.29 is 9.53 Å². The van der Waals surface area contributed by atoms with Crippen molar-refractivity contribution in [3.05, 3.63) is 34.3 Å². The standard InChI is InChI=1S/C13H14ClNO2S/c1-9(5-13(16)17-2)18-8-11-4-3-10(7-15)6-12(11)14/h3-4,6,9H,5,8H2,1-2H3. The first-order chi connectivity index (χ1) is 8.56. The monoisotopic (exact) mass is 283 g/mol. The Morgan fingerprint density at radius 3 is 2.89 bits per heavy atom. The summed E-state index contributed by atoms with van der Waals surface area (Å²) in [5, 5.41) is 9.49. The summed E-state index contributed by atoms with van der Waals surface area (Å²) in [6.07, 6.45) is 0.384. The molecule has 0 aliphatic rings. The van der Waals surface area contributed by atoms with Gasteiger partial charge in [-0.2, -0.15) is 17.0 Å². The Morgan fingerprint density at radius 2 is 2.33 bits per heavy atom. The Bertz CT molecular complexity index is 471. The van der Waals surface area contributed by atoms with Gasteiger partial charge in [0.2, 0.25) is 0 Å². The van der Waals surface area contributed by atoms with E-state index in [9.17, 15) is 4.79 Å². The second-order valence-electron chi connectivity index (χ2n) is 3.82. The van der Waals surface area contributed by atoms with E-state index in [-0.39, 0.29) is 11.2 Å². The van der Waals surface area contributed by atoms with Crippen LogP contribution in [0.15, 0.2) is 18.2 Å². The molecule has 0 fully saturated rings. The molecule has 0 radical (unpaired) electrons. The summed E-state index contributed by atoms with van der Waals surface area (Å²) >= 11 is 7.70. The molecule has 18 heavy (non-hydrogen) atoms. The molecule has 3 nitrogen and oxygen atoms in total. The van der Waals surface area contributed by atoms with Gasteiger partial charge in [-0.3, -0.25) is 4.79 Å². The molecule has 0 spiro atoms. The maximum absolute atomic E-state index is 11.1. The van der Waals surface area contributed by atoms with Crippen molar-refractivity contribution in [3.63, 3.8) is 0 Å². The zero-order valence-electron chi connectivity index (χ0n) is 10.3. The van der Waals surface area contributed by atoms with Crippen LogP contribution in [-0.2, 0) is 15.3 Å². The van der Waals surface area contributed by atoms with Crippen molar-refractivity contribution in [2.75, 3.05) is 7.11 Å². The molecule has 0 aliphatic carbocycles. The third-order valence-corrected chi connectivity index (χ3v) is 3.95. The number of nitrogens with zero attached hydrogens (tertiary/aromatic N) is 1. The van der Waals surface area contributed by atoms with Crippen molar-refractivity contribution in [1.29, 1.82) is 5.26 Å². The minimum atomic E-state index is -0.207. The van der Waals surface area contributed by atoms with E-state index in [0.29, 0.717) is 22.8 Å². The van der Waals surface area contributed by atoms with E-state index in [1.165, 1.54) is 7.11 Å². The number of halogens is 1. The van der Waals surface area contributed by atoms with E-state index < -0.39 is 0 Å². The molecule has 0 amide bonds. The van der Waals surface area contributed by atoms with Crippen LogP contribution in [0.1, 0.15) is 24.5 Å². The minimum absolute atomic E-state index is 0.171. The van der Waals surface area contributed by atoms with Crippen molar-refractivity contribution >= 4 is 29.3 Å². The number of nitriles is 1. The predicted octanol–water partition coefficient (Wildman–Crippen LogP) is 3.40. The molecule has 0 aliphatic heterocycles. The van der Waals surface area contributed by atoms with Gasteiger partial charge in [0.1, 0.15) is 0 Å². The molecule has 96 valence electrons. The number of carbonyl (C=O) groups is 1. The maximum Gasteiger partial charge on any atom is 0.306 e. The highest BCUT2D eigenvalue weighted by atomic mass is 35.5. The van der Waals surface area contributed by atoms with Crippen molar-refractivity contribution in [3.8, 4) is 6.07 Å². The second-order valence-corrected chi connectivity index (χ2v) is 5.65. The molecule has 0 saturated heterocycles. The van der Waals surface area contributed by atoms with Gasteiger partial charge in [-0.15, -0.1) is 0 Å². The lowest BCUT2D eigenvalue weighted by atomic mass is 10.2. The van der Waals surface area contributed by atoms with Gasteiger partial charge in [0.05, 0.1) is 25.2 Å². The fourth-order valence-electron chi connectivity index (χ4n) is 1.34. The molecule has 1 aromatic rings. The minimum Gasteiger partial charge on any atom is -0.469 e. The molecule has 1 rings (SSSR count). The van der Waals surface area contributed by atoms with Crippen LogP contribution in [0.2, 0.25) is 5.02 Å². The second kappa shape index (κ2) is 7.30. The van der Waals surface area contributed by atoms with Crippen molar-refractivity contribution in [2.45, 2.75) is 24.3 Å².